The van der Waals surface area contributed by atoms with Gasteiger partial charge in [-0.15, -0.1) is 0 Å². The lowest BCUT2D eigenvalue weighted by atomic mass is 10.1. The SMILES string of the molecule is CN(C)C(=O)COCCC1CN(Cc2ccsc2)Cc2cccn2C1. The van der Waals surface area contributed by atoms with Gasteiger partial charge < -0.3 is 14.2 Å². The Balaban J connectivity index is 1.56. The fraction of sp³-hybridized carbons (Fsp3) is 0.526. The van der Waals surface area contributed by atoms with Crippen molar-refractivity contribution in [3.63, 3.8) is 0 Å². The van der Waals surface area contributed by atoms with E-state index in [-0.39, 0.29) is 12.5 Å². The monoisotopic (exact) mass is 361 g/mol. The molecule has 2 aromatic heterocycles. The molecule has 3 rings (SSSR count). The standard InChI is InChI=1S/C19H27N3O2S/c1-20(2)19(23)14-24-8-5-16-10-21(11-17-6-9-25-15-17)13-18-4-3-7-22(18)12-16/h3-4,6-7,9,15-16H,5,8,10-14H2,1-2H3. The lowest BCUT2D eigenvalue weighted by Crippen LogP contribution is -2.29. The van der Waals surface area contributed by atoms with Gasteiger partial charge in [0.2, 0.25) is 5.91 Å². The maximum Gasteiger partial charge on any atom is 0.248 e. The molecule has 0 radical (unpaired) electrons. The van der Waals surface area contributed by atoms with Gasteiger partial charge in [0, 0.05) is 58.8 Å². The number of hydrogen-bond donors (Lipinski definition) is 0. The molecule has 1 unspecified atom stereocenters. The Kier molecular flexibility index (Phi) is 6.29. The number of amides is 1. The van der Waals surface area contributed by atoms with E-state index in [0.29, 0.717) is 12.5 Å². The van der Waals surface area contributed by atoms with Crippen LogP contribution in [0.25, 0.3) is 0 Å². The summed E-state index contributed by atoms with van der Waals surface area (Å²) < 4.78 is 7.96. The largest absolute Gasteiger partial charge is 0.372 e. The zero-order chi connectivity index (χ0) is 17.6. The second kappa shape index (κ2) is 8.65. The van der Waals surface area contributed by atoms with Crippen molar-refractivity contribution in [1.82, 2.24) is 14.4 Å². The van der Waals surface area contributed by atoms with E-state index in [1.54, 1.807) is 30.3 Å². The Morgan fingerprint density at radius 3 is 3.00 bits per heavy atom. The molecule has 0 spiro atoms. The van der Waals surface area contributed by atoms with E-state index in [1.165, 1.54) is 11.3 Å². The van der Waals surface area contributed by atoms with Crippen LogP contribution in [0.4, 0.5) is 0 Å². The van der Waals surface area contributed by atoms with Crippen LogP contribution >= 0.6 is 11.3 Å². The van der Waals surface area contributed by atoms with Gasteiger partial charge in [-0.25, -0.2) is 0 Å². The summed E-state index contributed by atoms with van der Waals surface area (Å²) in [6, 6.07) is 6.56. The van der Waals surface area contributed by atoms with Gasteiger partial charge in [-0.1, -0.05) is 0 Å². The minimum absolute atomic E-state index is 0.0210. The highest BCUT2D eigenvalue weighted by Crippen LogP contribution is 2.21. The zero-order valence-corrected chi connectivity index (χ0v) is 15.9. The van der Waals surface area contributed by atoms with Gasteiger partial charge in [0.1, 0.15) is 6.61 Å². The van der Waals surface area contributed by atoms with Crippen LogP contribution in [0.3, 0.4) is 0 Å². The van der Waals surface area contributed by atoms with Crippen LogP contribution in [0.15, 0.2) is 35.2 Å². The number of likely N-dealkylation sites (N-methyl/N-ethyl adjacent to an activating group) is 1. The summed E-state index contributed by atoms with van der Waals surface area (Å²) in [4.78, 5) is 15.7. The van der Waals surface area contributed by atoms with E-state index in [2.05, 4.69) is 44.6 Å². The minimum Gasteiger partial charge on any atom is -0.372 e. The fourth-order valence-electron chi connectivity index (χ4n) is 3.25. The summed E-state index contributed by atoms with van der Waals surface area (Å²) >= 11 is 1.76. The van der Waals surface area contributed by atoms with Gasteiger partial charge in [0.05, 0.1) is 0 Å². The number of carbonyl (C=O) groups excluding carboxylic acids is 1. The number of thiophene rings is 1. The molecular weight excluding hydrogens is 334 g/mol. The van der Waals surface area contributed by atoms with Crippen LogP contribution in [0, 0.1) is 5.92 Å². The maximum atomic E-state index is 11.6. The zero-order valence-electron chi connectivity index (χ0n) is 15.1. The summed E-state index contributed by atoms with van der Waals surface area (Å²) in [6.45, 7) is 4.86. The van der Waals surface area contributed by atoms with Crippen molar-refractivity contribution in [2.45, 2.75) is 26.1 Å². The predicted molar refractivity (Wildman–Crippen MR) is 100 cm³/mol. The minimum atomic E-state index is 0.0210. The van der Waals surface area contributed by atoms with E-state index < -0.39 is 0 Å². The summed E-state index contributed by atoms with van der Waals surface area (Å²) in [5, 5.41) is 4.37. The summed E-state index contributed by atoms with van der Waals surface area (Å²) in [7, 11) is 3.51. The molecule has 6 heteroatoms. The second-order valence-corrected chi connectivity index (χ2v) is 7.73. The third kappa shape index (κ3) is 5.17. The Labute approximate surface area is 153 Å². The Bertz CT molecular complexity index is 666. The molecular formula is C19H27N3O2S. The highest BCUT2D eigenvalue weighted by Gasteiger charge is 2.21. The number of ether oxygens (including phenoxy) is 1. The van der Waals surface area contributed by atoms with Crippen LogP contribution in [0.1, 0.15) is 17.7 Å². The lowest BCUT2D eigenvalue weighted by molar-refractivity contribution is -0.133. The van der Waals surface area contributed by atoms with Gasteiger partial charge in [-0.05, 0) is 46.9 Å². The first-order chi connectivity index (χ1) is 12.1. The van der Waals surface area contributed by atoms with Crippen molar-refractivity contribution >= 4 is 17.2 Å². The van der Waals surface area contributed by atoms with Crippen molar-refractivity contribution in [3.05, 3.63) is 46.4 Å². The van der Waals surface area contributed by atoms with Crippen molar-refractivity contribution in [1.29, 1.82) is 0 Å². The summed E-state index contributed by atoms with van der Waals surface area (Å²) in [5.41, 5.74) is 2.76. The Morgan fingerprint density at radius 2 is 2.24 bits per heavy atom. The molecule has 1 atom stereocenters. The van der Waals surface area contributed by atoms with Crippen molar-refractivity contribution in [3.8, 4) is 0 Å². The smallest absolute Gasteiger partial charge is 0.248 e. The second-order valence-electron chi connectivity index (χ2n) is 6.95. The number of aromatic nitrogens is 1. The van der Waals surface area contributed by atoms with Gasteiger partial charge in [0.25, 0.3) is 0 Å². The molecule has 3 heterocycles. The van der Waals surface area contributed by atoms with Crippen molar-refractivity contribution < 1.29 is 9.53 Å². The molecule has 0 saturated carbocycles. The molecule has 1 aliphatic heterocycles. The molecule has 0 bridgehead atoms. The number of fused-ring (bicyclic) bond motifs is 1. The number of carbonyl (C=O) groups is 1. The van der Waals surface area contributed by atoms with Crippen LogP contribution in [0.2, 0.25) is 0 Å². The highest BCUT2D eigenvalue weighted by molar-refractivity contribution is 7.07. The van der Waals surface area contributed by atoms with E-state index >= 15 is 0 Å². The third-order valence-corrected chi connectivity index (χ3v) is 5.39. The number of hydrogen-bond acceptors (Lipinski definition) is 4. The average molecular weight is 362 g/mol. The van der Waals surface area contributed by atoms with Crippen LogP contribution in [0.5, 0.6) is 0 Å². The summed E-state index contributed by atoms with van der Waals surface area (Å²) in [5.74, 6) is 0.550. The molecule has 0 saturated heterocycles. The van der Waals surface area contributed by atoms with Gasteiger partial charge >= 0.3 is 0 Å². The first-order valence-corrected chi connectivity index (χ1v) is 9.71. The molecule has 0 aliphatic carbocycles. The number of nitrogens with zero attached hydrogens (tertiary/aromatic N) is 3. The van der Waals surface area contributed by atoms with E-state index in [9.17, 15) is 4.79 Å². The Morgan fingerprint density at radius 1 is 1.36 bits per heavy atom. The van der Waals surface area contributed by atoms with E-state index in [4.69, 9.17) is 4.74 Å². The fourth-order valence-corrected chi connectivity index (χ4v) is 3.91. The molecule has 0 N–H and O–H groups in total. The molecule has 0 fully saturated rings. The van der Waals surface area contributed by atoms with Crippen LogP contribution < -0.4 is 0 Å². The molecule has 2 aromatic rings. The molecule has 1 aliphatic rings. The Hall–Kier alpha value is -1.63. The maximum absolute atomic E-state index is 11.6. The molecule has 5 nitrogen and oxygen atoms in total. The molecule has 1 amide bonds. The highest BCUT2D eigenvalue weighted by atomic mass is 32.1. The van der Waals surface area contributed by atoms with Crippen molar-refractivity contribution in [2.24, 2.45) is 5.92 Å². The van der Waals surface area contributed by atoms with E-state index in [1.807, 2.05) is 0 Å². The normalized spacial score (nSPS) is 17.9. The van der Waals surface area contributed by atoms with Crippen LogP contribution in [-0.4, -0.2) is 54.1 Å². The third-order valence-electron chi connectivity index (χ3n) is 4.66. The van der Waals surface area contributed by atoms with Gasteiger partial charge in [-0.3, -0.25) is 9.69 Å². The predicted octanol–water partition coefficient (Wildman–Crippen LogP) is 2.68. The van der Waals surface area contributed by atoms with Crippen molar-refractivity contribution in [2.75, 3.05) is 33.9 Å². The number of rotatable bonds is 7. The van der Waals surface area contributed by atoms with Gasteiger partial charge in [0.15, 0.2) is 0 Å². The topological polar surface area (TPSA) is 37.7 Å². The summed E-state index contributed by atoms with van der Waals surface area (Å²) in [6.07, 6.45) is 3.14. The average Bonchev–Trinajstić information content (AvgIpc) is 3.20. The molecule has 136 valence electrons. The molecule has 25 heavy (non-hydrogen) atoms. The first kappa shape index (κ1) is 18.2. The van der Waals surface area contributed by atoms with Gasteiger partial charge in [-0.2, -0.15) is 11.3 Å². The van der Waals surface area contributed by atoms with E-state index in [0.717, 1.165) is 32.6 Å². The first-order valence-electron chi connectivity index (χ1n) is 8.77. The van der Waals surface area contributed by atoms with Crippen LogP contribution in [-0.2, 0) is 29.2 Å². The quantitative estimate of drug-likeness (QED) is 0.712. The lowest BCUT2D eigenvalue weighted by Gasteiger charge is -2.23. The molecule has 0 aromatic carbocycles.